The van der Waals surface area contributed by atoms with Crippen molar-refractivity contribution in [1.82, 2.24) is 14.3 Å². The molecule has 0 spiro atoms. The third kappa shape index (κ3) is 3.56. The van der Waals surface area contributed by atoms with E-state index in [2.05, 4.69) is 5.10 Å². The van der Waals surface area contributed by atoms with Gasteiger partial charge in [-0.25, -0.2) is 4.79 Å². The first-order valence-corrected chi connectivity index (χ1v) is 8.74. The minimum Gasteiger partial charge on any atom is -0.454 e. The molecule has 0 radical (unpaired) electrons. The molecule has 0 saturated heterocycles. The van der Waals surface area contributed by atoms with E-state index in [1.807, 2.05) is 55.7 Å². The number of Topliss-reactive ketones (excluding diaryl/α,β-unsaturated/α-hetero) is 1. The molecule has 0 N–H and O–H groups in total. The second kappa shape index (κ2) is 7.23. The van der Waals surface area contributed by atoms with Crippen LogP contribution in [0.2, 0.25) is 0 Å². The fourth-order valence-corrected chi connectivity index (χ4v) is 3.12. The Kier molecular flexibility index (Phi) is 4.99. The summed E-state index contributed by atoms with van der Waals surface area (Å²) in [5.74, 6) is -0.766. The molecule has 0 unspecified atom stereocenters. The average molecular weight is 365 g/mol. The van der Waals surface area contributed by atoms with E-state index in [4.69, 9.17) is 4.74 Å². The molecule has 2 aromatic heterocycles. The Morgan fingerprint density at radius 2 is 1.67 bits per heavy atom. The van der Waals surface area contributed by atoms with Crippen molar-refractivity contribution in [2.24, 2.45) is 7.05 Å². The standard InChI is InChI=1S/C21H23N3O3/c1-13-6-8-17(9-7-13)24-14(2)10-18(16(24)4)20(25)12-27-21(26)19-11-22-23(5)15(19)3/h6-11H,12H2,1-5H3. The molecular weight excluding hydrogens is 342 g/mol. The molecule has 0 aliphatic heterocycles. The number of carbonyl (C=O) groups excluding carboxylic acids is 2. The quantitative estimate of drug-likeness (QED) is 0.513. The number of hydrogen-bond acceptors (Lipinski definition) is 4. The van der Waals surface area contributed by atoms with E-state index < -0.39 is 5.97 Å². The molecule has 1 aromatic carbocycles. The van der Waals surface area contributed by atoms with Crippen molar-refractivity contribution in [3.8, 4) is 5.69 Å². The van der Waals surface area contributed by atoms with Gasteiger partial charge >= 0.3 is 5.97 Å². The zero-order valence-corrected chi connectivity index (χ0v) is 16.2. The van der Waals surface area contributed by atoms with Crippen LogP contribution in [0.15, 0.2) is 36.5 Å². The summed E-state index contributed by atoms with van der Waals surface area (Å²) in [7, 11) is 1.75. The number of benzene rings is 1. The van der Waals surface area contributed by atoms with Gasteiger partial charge in [0.05, 0.1) is 6.20 Å². The first-order chi connectivity index (χ1) is 12.8. The average Bonchev–Trinajstić information content (AvgIpc) is 3.13. The van der Waals surface area contributed by atoms with E-state index in [0.717, 1.165) is 17.1 Å². The number of aromatic nitrogens is 3. The molecule has 0 amide bonds. The third-order valence-electron chi connectivity index (χ3n) is 4.81. The van der Waals surface area contributed by atoms with Gasteiger partial charge in [-0.15, -0.1) is 0 Å². The summed E-state index contributed by atoms with van der Waals surface area (Å²) < 4.78 is 8.83. The van der Waals surface area contributed by atoms with Crippen LogP contribution < -0.4 is 0 Å². The van der Waals surface area contributed by atoms with Crippen molar-refractivity contribution in [3.63, 3.8) is 0 Å². The molecule has 6 nitrogen and oxygen atoms in total. The van der Waals surface area contributed by atoms with Crippen LogP contribution in [0.4, 0.5) is 0 Å². The lowest BCUT2D eigenvalue weighted by atomic mass is 10.1. The second-order valence-corrected chi connectivity index (χ2v) is 6.72. The van der Waals surface area contributed by atoms with E-state index in [0.29, 0.717) is 16.8 Å². The molecule has 140 valence electrons. The van der Waals surface area contributed by atoms with Gasteiger partial charge in [0, 0.05) is 35.4 Å². The van der Waals surface area contributed by atoms with Gasteiger partial charge in [0.1, 0.15) is 5.56 Å². The first kappa shape index (κ1) is 18.6. The van der Waals surface area contributed by atoms with Gasteiger partial charge in [-0.1, -0.05) is 17.7 Å². The Bertz CT molecular complexity index is 1010. The summed E-state index contributed by atoms with van der Waals surface area (Å²) in [4.78, 5) is 24.8. The number of ketones is 1. The van der Waals surface area contributed by atoms with Crippen molar-refractivity contribution in [2.45, 2.75) is 27.7 Å². The number of aryl methyl sites for hydroxylation is 3. The minimum absolute atomic E-state index is 0.226. The zero-order valence-electron chi connectivity index (χ0n) is 16.2. The number of ether oxygens (including phenoxy) is 1. The summed E-state index contributed by atoms with van der Waals surface area (Å²) in [6.45, 7) is 7.36. The van der Waals surface area contributed by atoms with Crippen LogP contribution >= 0.6 is 0 Å². The Morgan fingerprint density at radius 3 is 2.26 bits per heavy atom. The van der Waals surface area contributed by atoms with Crippen molar-refractivity contribution in [2.75, 3.05) is 6.61 Å². The highest BCUT2D eigenvalue weighted by Crippen LogP contribution is 2.22. The van der Waals surface area contributed by atoms with Gasteiger partial charge in [-0.2, -0.15) is 5.10 Å². The van der Waals surface area contributed by atoms with Gasteiger partial charge in [0.15, 0.2) is 6.61 Å². The predicted octanol–water partition coefficient (Wildman–Crippen LogP) is 3.48. The van der Waals surface area contributed by atoms with Crippen LogP contribution in [0.3, 0.4) is 0 Å². The Morgan fingerprint density at radius 1 is 1.00 bits per heavy atom. The van der Waals surface area contributed by atoms with Crippen LogP contribution in [-0.2, 0) is 11.8 Å². The maximum Gasteiger partial charge on any atom is 0.342 e. The van der Waals surface area contributed by atoms with Crippen LogP contribution in [0.5, 0.6) is 0 Å². The largest absolute Gasteiger partial charge is 0.454 e. The zero-order chi connectivity index (χ0) is 19.7. The molecule has 0 atom stereocenters. The summed E-state index contributed by atoms with van der Waals surface area (Å²) in [5, 5.41) is 4.02. The fraction of sp³-hybridized carbons (Fsp3) is 0.286. The van der Waals surface area contributed by atoms with Gasteiger partial charge in [0.25, 0.3) is 0 Å². The lowest BCUT2D eigenvalue weighted by molar-refractivity contribution is 0.0473. The van der Waals surface area contributed by atoms with Crippen molar-refractivity contribution in [1.29, 1.82) is 0 Å². The highest BCUT2D eigenvalue weighted by molar-refractivity contribution is 6.00. The normalized spacial score (nSPS) is 10.9. The molecule has 0 bridgehead atoms. The van der Waals surface area contributed by atoms with E-state index >= 15 is 0 Å². The maximum absolute atomic E-state index is 12.6. The Hall–Kier alpha value is -3.15. The highest BCUT2D eigenvalue weighted by atomic mass is 16.5. The number of nitrogens with zero attached hydrogens (tertiary/aromatic N) is 3. The molecule has 0 aliphatic carbocycles. The van der Waals surface area contributed by atoms with Crippen LogP contribution in [0.1, 0.15) is 43.4 Å². The summed E-state index contributed by atoms with van der Waals surface area (Å²) in [5.41, 5.74) is 5.58. The molecule has 0 fully saturated rings. The van der Waals surface area contributed by atoms with Crippen LogP contribution in [0, 0.1) is 27.7 Å². The summed E-state index contributed by atoms with van der Waals surface area (Å²) in [6, 6.07) is 9.95. The lowest BCUT2D eigenvalue weighted by Gasteiger charge is -2.10. The molecule has 0 saturated carbocycles. The Labute approximate surface area is 158 Å². The number of rotatable bonds is 5. The Balaban J connectivity index is 1.77. The molecule has 3 aromatic rings. The first-order valence-electron chi connectivity index (χ1n) is 8.74. The molecular formula is C21H23N3O3. The van der Waals surface area contributed by atoms with Crippen LogP contribution in [-0.4, -0.2) is 32.7 Å². The lowest BCUT2D eigenvalue weighted by Crippen LogP contribution is -2.15. The number of carbonyl (C=O) groups is 2. The van der Waals surface area contributed by atoms with E-state index in [1.54, 1.807) is 18.7 Å². The van der Waals surface area contributed by atoms with E-state index in [1.165, 1.54) is 11.8 Å². The SMILES string of the molecule is Cc1ccc(-n2c(C)cc(C(=O)COC(=O)c3cnn(C)c3C)c2C)cc1. The molecule has 6 heteroatoms. The number of esters is 1. The third-order valence-corrected chi connectivity index (χ3v) is 4.81. The molecule has 2 heterocycles. The van der Waals surface area contributed by atoms with Gasteiger partial charge < -0.3 is 9.30 Å². The van der Waals surface area contributed by atoms with E-state index in [9.17, 15) is 9.59 Å². The molecule has 0 aliphatic rings. The van der Waals surface area contributed by atoms with Crippen molar-refractivity contribution in [3.05, 3.63) is 70.3 Å². The highest BCUT2D eigenvalue weighted by Gasteiger charge is 2.20. The van der Waals surface area contributed by atoms with Gasteiger partial charge in [-0.05, 0) is 45.9 Å². The topological polar surface area (TPSA) is 66.1 Å². The van der Waals surface area contributed by atoms with Gasteiger partial charge in [0.2, 0.25) is 5.78 Å². The van der Waals surface area contributed by atoms with Crippen molar-refractivity contribution < 1.29 is 14.3 Å². The summed E-state index contributed by atoms with van der Waals surface area (Å²) in [6.07, 6.45) is 1.45. The molecule has 27 heavy (non-hydrogen) atoms. The minimum atomic E-state index is -0.540. The fourth-order valence-electron chi connectivity index (χ4n) is 3.12. The van der Waals surface area contributed by atoms with Crippen molar-refractivity contribution >= 4 is 11.8 Å². The smallest absolute Gasteiger partial charge is 0.342 e. The van der Waals surface area contributed by atoms with Crippen LogP contribution in [0.25, 0.3) is 5.69 Å². The summed E-state index contributed by atoms with van der Waals surface area (Å²) >= 11 is 0. The van der Waals surface area contributed by atoms with E-state index in [-0.39, 0.29) is 12.4 Å². The molecule has 3 rings (SSSR count). The number of hydrogen-bond donors (Lipinski definition) is 0. The second-order valence-electron chi connectivity index (χ2n) is 6.72. The van der Waals surface area contributed by atoms with Gasteiger partial charge in [-0.3, -0.25) is 9.48 Å². The monoisotopic (exact) mass is 365 g/mol. The maximum atomic E-state index is 12.6. The predicted molar refractivity (Wildman–Crippen MR) is 103 cm³/mol.